The highest BCUT2D eigenvalue weighted by molar-refractivity contribution is 6.00. The largest absolute Gasteiger partial charge is 0.453 e. The van der Waals surface area contributed by atoms with Crippen LogP contribution in [0, 0.1) is 11.3 Å². The van der Waals surface area contributed by atoms with Crippen molar-refractivity contribution in [1.82, 2.24) is 25.2 Å². The van der Waals surface area contributed by atoms with Crippen LogP contribution in [-0.4, -0.2) is 55.5 Å². The molecule has 40 heavy (non-hydrogen) atoms. The van der Waals surface area contributed by atoms with E-state index in [-0.39, 0.29) is 11.4 Å². The third kappa shape index (κ3) is 5.49. The second-order valence-corrected chi connectivity index (χ2v) is 11.3. The first-order valence-electron chi connectivity index (χ1n) is 13.3. The van der Waals surface area contributed by atoms with E-state index in [1.165, 1.54) is 19.5 Å². The minimum absolute atomic E-state index is 0.221. The average Bonchev–Trinajstić information content (AvgIpc) is 3.36. The summed E-state index contributed by atoms with van der Waals surface area (Å²) in [6, 6.07) is 9.46. The Kier molecular flexibility index (Phi) is 6.98. The highest BCUT2D eigenvalue weighted by atomic mass is 16.5. The van der Waals surface area contributed by atoms with Gasteiger partial charge >= 0.3 is 6.09 Å². The molecule has 3 saturated carbocycles. The standard InChI is InChI=1S/C29H33N7O4/c1-27(2,35-26(38)40-3)12-13-31-25(37)21-18-32-23(24-5-4-20-14-19(16-30)17-33-36(20)24)15-22(21)34-28-6-9-29(39,10-7-28)11-8-28/h4-5,12-15,17-18,39H,6-11H2,1-3H3,(H,31,37)(H,32,34)(H,35,38). The second kappa shape index (κ2) is 10.3. The van der Waals surface area contributed by atoms with Gasteiger partial charge in [-0.05, 0) is 82.7 Å². The molecule has 3 fully saturated rings. The summed E-state index contributed by atoms with van der Waals surface area (Å²) in [6.07, 6.45) is 10.2. The maximum Gasteiger partial charge on any atom is 0.407 e. The SMILES string of the molecule is COC(=O)NC(C)(C)C=CNC(=O)c1cnc(-c2ccc3cc(C#N)cnn23)cc1NC12CCC(O)(CC1)CC2. The van der Waals surface area contributed by atoms with Gasteiger partial charge in [-0.3, -0.25) is 9.78 Å². The number of nitrogens with zero attached hydrogens (tertiary/aromatic N) is 4. The number of aromatic nitrogens is 3. The van der Waals surface area contributed by atoms with Crippen molar-refractivity contribution in [3.63, 3.8) is 0 Å². The first-order chi connectivity index (χ1) is 19.0. The summed E-state index contributed by atoms with van der Waals surface area (Å²) in [5.74, 6) is -0.358. The number of hydrogen-bond donors (Lipinski definition) is 4. The summed E-state index contributed by atoms with van der Waals surface area (Å²) in [6.45, 7) is 3.55. The molecule has 0 unspecified atom stereocenters. The van der Waals surface area contributed by atoms with E-state index in [0.717, 1.165) is 49.7 Å². The Bertz CT molecular complexity index is 1510. The normalized spacial score (nSPS) is 22.2. The van der Waals surface area contributed by atoms with Crippen molar-refractivity contribution in [3.8, 4) is 17.5 Å². The summed E-state index contributed by atoms with van der Waals surface area (Å²) in [7, 11) is 1.29. The van der Waals surface area contributed by atoms with Crippen LogP contribution in [0.25, 0.3) is 16.9 Å². The maximum atomic E-state index is 13.4. The third-order valence-electron chi connectivity index (χ3n) is 7.97. The molecule has 0 atom stereocenters. The molecule has 6 rings (SSSR count). The number of hydrogen-bond acceptors (Lipinski definition) is 8. The molecule has 3 heterocycles. The molecule has 11 heteroatoms. The predicted octanol–water partition coefficient (Wildman–Crippen LogP) is 3.90. The van der Waals surface area contributed by atoms with Crippen molar-refractivity contribution in [1.29, 1.82) is 5.26 Å². The first kappa shape index (κ1) is 27.1. The Morgan fingerprint density at radius 2 is 1.88 bits per heavy atom. The van der Waals surface area contributed by atoms with Gasteiger partial charge in [0.15, 0.2) is 0 Å². The number of anilines is 1. The Hall–Kier alpha value is -4.43. The second-order valence-electron chi connectivity index (χ2n) is 11.3. The van der Waals surface area contributed by atoms with Crippen molar-refractivity contribution in [2.45, 2.75) is 69.1 Å². The van der Waals surface area contributed by atoms with Crippen LogP contribution in [0.15, 0.2) is 48.9 Å². The zero-order chi connectivity index (χ0) is 28.5. The van der Waals surface area contributed by atoms with E-state index in [4.69, 9.17) is 0 Å². The van der Waals surface area contributed by atoms with E-state index in [9.17, 15) is 20.0 Å². The zero-order valence-electron chi connectivity index (χ0n) is 22.8. The molecule has 11 nitrogen and oxygen atoms in total. The van der Waals surface area contributed by atoms with Gasteiger partial charge in [0.05, 0.1) is 58.2 Å². The van der Waals surface area contributed by atoms with Crippen LogP contribution >= 0.6 is 0 Å². The predicted molar refractivity (Wildman–Crippen MR) is 148 cm³/mol. The first-order valence-corrected chi connectivity index (χ1v) is 13.3. The Morgan fingerprint density at radius 1 is 1.15 bits per heavy atom. The fraction of sp³-hybridized carbons (Fsp3) is 0.414. The van der Waals surface area contributed by atoms with Gasteiger partial charge in [-0.1, -0.05) is 0 Å². The lowest BCUT2D eigenvalue weighted by Gasteiger charge is -2.51. The number of nitrogens with one attached hydrogen (secondary N) is 3. The van der Waals surface area contributed by atoms with E-state index in [1.54, 1.807) is 36.7 Å². The number of aliphatic hydroxyl groups is 1. The molecular weight excluding hydrogens is 510 g/mol. The van der Waals surface area contributed by atoms with E-state index in [0.29, 0.717) is 22.5 Å². The minimum Gasteiger partial charge on any atom is -0.453 e. The average molecular weight is 544 g/mol. The fourth-order valence-corrected chi connectivity index (χ4v) is 5.53. The molecule has 208 valence electrons. The van der Waals surface area contributed by atoms with Gasteiger partial charge < -0.3 is 25.8 Å². The summed E-state index contributed by atoms with van der Waals surface area (Å²) in [5.41, 5.74) is 2.02. The number of methoxy groups -OCH3 is 1. The molecule has 2 bridgehead atoms. The van der Waals surface area contributed by atoms with E-state index in [1.807, 2.05) is 18.2 Å². The Morgan fingerprint density at radius 3 is 2.55 bits per heavy atom. The molecule has 0 spiro atoms. The molecule has 3 aliphatic carbocycles. The molecular formula is C29H33N7O4. The summed E-state index contributed by atoms with van der Waals surface area (Å²) in [5, 5.41) is 33.5. The third-order valence-corrected chi connectivity index (χ3v) is 7.97. The van der Waals surface area contributed by atoms with Crippen molar-refractivity contribution in [3.05, 3.63) is 60.1 Å². The number of alkyl carbamates (subject to hydrolysis) is 1. The number of fused-ring (bicyclic) bond motifs is 4. The molecule has 0 radical (unpaired) electrons. The van der Waals surface area contributed by atoms with Crippen LogP contribution < -0.4 is 16.0 Å². The van der Waals surface area contributed by atoms with E-state index < -0.39 is 17.2 Å². The van der Waals surface area contributed by atoms with Crippen LogP contribution in [0.1, 0.15) is 68.3 Å². The molecule has 4 N–H and O–H groups in total. The van der Waals surface area contributed by atoms with Crippen LogP contribution in [-0.2, 0) is 4.74 Å². The van der Waals surface area contributed by atoms with Crippen molar-refractivity contribution < 1.29 is 19.4 Å². The highest BCUT2D eigenvalue weighted by Crippen LogP contribution is 2.48. The van der Waals surface area contributed by atoms with E-state index >= 15 is 0 Å². The van der Waals surface area contributed by atoms with Gasteiger partial charge in [0, 0.05) is 17.9 Å². The smallest absolute Gasteiger partial charge is 0.407 e. The number of ether oxygens (including phenoxy) is 1. The van der Waals surface area contributed by atoms with Gasteiger partial charge in [-0.15, -0.1) is 0 Å². The fourth-order valence-electron chi connectivity index (χ4n) is 5.53. The Labute approximate surface area is 232 Å². The summed E-state index contributed by atoms with van der Waals surface area (Å²) >= 11 is 0. The van der Waals surface area contributed by atoms with Gasteiger partial charge in [-0.2, -0.15) is 10.4 Å². The van der Waals surface area contributed by atoms with Crippen molar-refractivity contribution in [2.75, 3.05) is 12.4 Å². The monoisotopic (exact) mass is 543 g/mol. The summed E-state index contributed by atoms with van der Waals surface area (Å²) in [4.78, 5) is 29.6. The molecule has 0 aromatic carbocycles. The number of rotatable bonds is 7. The van der Waals surface area contributed by atoms with Gasteiger partial charge in [-0.25, -0.2) is 9.31 Å². The molecule has 2 amide bonds. The maximum absolute atomic E-state index is 13.4. The lowest BCUT2D eigenvalue weighted by atomic mass is 9.63. The molecule has 3 aromatic rings. The van der Waals surface area contributed by atoms with Crippen LogP contribution in [0.5, 0.6) is 0 Å². The van der Waals surface area contributed by atoms with Crippen LogP contribution in [0.3, 0.4) is 0 Å². The molecule has 3 aliphatic rings. The Balaban J connectivity index is 1.46. The highest BCUT2D eigenvalue weighted by Gasteiger charge is 2.48. The lowest BCUT2D eigenvalue weighted by Crippen LogP contribution is -2.54. The van der Waals surface area contributed by atoms with Gasteiger partial charge in [0.2, 0.25) is 0 Å². The van der Waals surface area contributed by atoms with Crippen LogP contribution in [0.4, 0.5) is 10.5 Å². The molecule has 0 aliphatic heterocycles. The minimum atomic E-state index is -0.752. The molecule has 0 saturated heterocycles. The van der Waals surface area contributed by atoms with Crippen molar-refractivity contribution in [2.24, 2.45) is 0 Å². The van der Waals surface area contributed by atoms with Crippen LogP contribution in [0.2, 0.25) is 0 Å². The topological polar surface area (TPSA) is 154 Å². The number of amides is 2. The molecule has 3 aromatic heterocycles. The lowest BCUT2D eigenvalue weighted by molar-refractivity contribution is -0.0580. The van der Waals surface area contributed by atoms with Gasteiger partial charge in [0.25, 0.3) is 5.91 Å². The number of carbonyl (C=O) groups is 2. The van der Waals surface area contributed by atoms with E-state index in [2.05, 4.69) is 36.8 Å². The number of carbonyl (C=O) groups excluding carboxylic acids is 2. The van der Waals surface area contributed by atoms with Crippen molar-refractivity contribution >= 4 is 23.2 Å². The zero-order valence-corrected chi connectivity index (χ0v) is 22.8. The van der Waals surface area contributed by atoms with Gasteiger partial charge in [0.1, 0.15) is 6.07 Å². The number of pyridine rings is 1. The quantitative estimate of drug-likeness (QED) is 0.350. The number of nitriles is 1. The summed E-state index contributed by atoms with van der Waals surface area (Å²) < 4.78 is 6.37.